The highest BCUT2D eigenvalue weighted by atomic mass is 16.5. The second kappa shape index (κ2) is 7.28. The molecule has 2 nitrogen and oxygen atoms in total. The third-order valence-corrected chi connectivity index (χ3v) is 3.32. The monoisotopic (exact) mass is 278 g/mol. The molecule has 106 valence electrons. The number of hydrogen-bond donors (Lipinski definition) is 0. The Morgan fingerprint density at radius 2 is 1.48 bits per heavy atom. The van der Waals surface area contributed by atoms with Crippen molar-refractivity contribution in [1.29, 1.82) is 0 Å². The van der Waals surface area contributed by atoms with Crippen LogP contribution in [0.4, 0.5) is 0 Å². The van der Waals surface area contributed by atoms with Crippen LogP contribution < -0.4 is 0 Å². The summed E-state index contributed by atoms with van der Waals surface area (Å²) in [7, 11) is 1.36. The summed E-state index contributed by atoms with van der Waals surface area (Å²) in [6.07, 6.45) is 1.34. The summed E-state index contributed by atoms with van der Waals surface area (Å²) in [6.45, 7) is 1.98. The lowest BCUT2D eigenvalue weighted by Gasteiger charge is -2.17. The van der Waals surface area contributed by atoms with Crippen LogP contribution in [0.3, 0.4) is 0 Å². The van der Waals surface area contributed by atoms with Gasteiger partial charge >= 0.3 is 5.97 Å². The highest BCUT2D eigenvalue weighted by molar-refractivity contribution is 5.81. The molecule has 2 heteroatoms. The van der Waals surface area contributed by atoms with Gasteiger partial charge in [-0.1, -0.05) is 60.7 Å². The maximum atomic E-state index is 11.3. The van der Waals surface area contributed by atoms with Gasteiger partial charge in [0.25, 0.3) is 0 Å². The van der Waals surface area contributed by atoms with Crippen LogP contribution in [0.15, 0.2) is 78.0 Å². The molecular formula is C19H18O2. The summed E-state index contributed by atoms with van der Waals surface area (Å²) >= 11 is 0. The van der Waals surface area contributed by atoms with Gasteiger partial charge < -0.3 is 4.74 Å². The van der Waals surface area contributed by atoms with Crippen LogP contribution in [-0.2, 0) is 9.53 Å². The van der Waals surface area contributed by atoms with Crippen molar-refractivity contribution in [2.75, 3.05) is 7.11 Å². The van der Waals surface area contributed by atoms with Crippen LogP contribution in [0, 0.1) is 0 Å². The number of ether oxygens (including phenoxy) is 1. The lowest BCUT2D eigenvalue weighted by molar-refractivity contribution is -0.134. The fourth-order valence-corrected chi connectivity index (χ4v) is 2.30. The summed E-state index contributed by atoms with van der Waals surface area (Å²) in [5.74, 6) is -0.317. The fourth-order valence-electron chi connectivity index (χ4n) is 2.30. The average Bonchev–Trinajstić information content (AvgIpc) is 2.55. The van der Waals surface area contributed by atoms with E-state index in [1.165, 1.54) is 24.3 Å². The zero-order valence-electron chi connectivity index (χ0n) is 12.2. The number of carbonyl (C=O) groups is 1. The lowest BCUT2D eigenvalue weighted by atomic mass is 9.86. The molecule has 0 aliphatic rings. The van der Waals surface area contributed by atoms with Gasteiger partial charge in [0.2, 0.25) is 0 Å². The Kier molecular flexibility index (Phi) is 5.14. The normalized spacial score (nSPS) is 9.86. The van der Waals surface area contributed by atoms with Crippen LogP contribution in [-0.4, -0.2) is 13.1 Å². The third kappa shape index (κ3) is 3.95. The van der Waals surface area contributed by atoms with Crippen molar-refractivity contribution in [2.45, 2.75) is 12.8 Å². The highest BCUT2D eigenvalue weighted by Crippen LogP contribution is 2.30. The first kappa shape index (κ1) is 14.8. The van der Waals surface area contributed by atoms with Crippen molar-refractivity contribution < 1.29 is 9.53 Å². The van der Waals surface area contributed by atoms with Gasteiger partial charge in [0.05, 0.1) is 13.2 Å². The molecule has 0 saturated carbocycles. The van der Waals surface area contributed by atoms with Crippen LogP contribution >= 0.6 is 0 Å². The first-order valence-corrected chi connectivity index (χ1v) is 6.83. The average molecular weight is 278 g/mol. The predicted octanol–water partition coefficient (Wildman–Crippen LogP) is 4.09. The zero-order valence-corrected chi connectivity index (χ0v) is 12.2. The lowest BCUT2D eigenvalue weighted by Crippen LogP contribution is -2.02. The Bertz CT molecular complexity index is 611. The van der Waals surface area contributed by atoms with Crippen LogP contribution in [0.25, 0.3) is 0 Å². The minimum atomic E-state index is -0.394. The molecule has 0 radical (unpaired) electrons. The molecular weight excluding hydrogens is 260 g/mol. The molecule has 0 amide bonds. The maximum Gasteiger partial charge on any atom is 0.338 e. The van der Waals surface area contributed by atoms with E-state index < -0.39 is 5.97 Å². The van der Waals surface area contributed by atoms with E-state index in [0.29, 0.717) is 0 Å². The van der Waals surface area contributed by atoms with Crippen LogP contribution in [0.2, 0.25) is 0 Å². The van der Waals surface area contributed by atoms with Gasteiger partial charge in [0.1, 0.15) is 0 Å². The van der Waals surface area contributed by atoms with E-state index >= 15 is 0 Å². The summed E-state index contributed by atoms with van der Waals surface area (Å²) in [5.41, 5.74) is 6.36. The molecule has 0 aliphatic carbocycles. The maximum absolute atomic E-state index is 11.3. The van der Waals surface area contributed by atoms with Gasteiger partial charge in [-0.2, -0.15) is 0 Å². The molecule has 21 heavy (non-hydrogen) atoms. The van der Waals surface area contributed by atoms with Crippen molar-refractivity contribution >= 4 is 5.97 Å². The van der Waals surface area contributed by atoms with E-state index in [-0.39, 0.29) is 5.92 Å². The smallest absolute Gasteiger partial charge is 0.338 e. The van der Waals surface area contributed by atoms with Gasteiger partial charge in [-0.3, -0.25) is 0 Å². The molecule has 0 N–H and O–H groups in total. The van der Waals surface area contributed by atoms with Gasteiger partial charge in [-0.25, -0.2) is 4.79 Å². The Labute approximate surface area is 125 Å². The van der Waals surface area contributed by atoms with E-state index in [1.54, 1.807) is 0 Å². The second-order valence-corrected chi connectivity index (χ2v) is 4.75. The number of carbonyl (C=O) groups excluding carboxylic acids is 1. The van der Waals surface area contributed by atoms with Crippen molar-refractivity contribution in [1.82, 2.24) is 0 Å². The van der Waals surface area contributed by atoms with Crippen molar-refractivity contribution in [3.63, 3.8) is 0 Å². The summed E-state index contributed by atoms with van der Waals surface area (Å²) in [5, 5.41) is 0. The van der Waals surface area contributed by atoms with Gasteiger partial charge in [0, 0.05) is 5.92 Å². The number of esters is 1. The summed E-state index contributed by atoms with van der Waals surface area (Å²) in [4.78, 5) is 11.3. The Balaban J connectivity index is 2.47. The quantitative estimate of drug-likeness (QED) is 0.478. The summed E-state index contributed by atoms with van der Waals surface area (Å²) in [6, 6.07) is 20.4. The van der Waals surface area contributed by atoms with Crippen LogP contribution in [0.1, 0.15) is 24.0 Å². The topological polar surface area (TPSA) is 26.3 Å². The molecule has 0 bridgehead atoms. The summed E-state index contributed by atoms with van der Waals surface area (Å²) < 4.78 is 4.62. The number of rotatable bonds is 4. The van der Waals surface area contributed by atoms with Crippen molar-refractivity contribution in [3.05, 3.63) is 89.2 Å². The molecule has 0 atom stereocenters. The molecule has 0 saturated heterocycles. The van der Waals surface area contributed by atoms with E-state index in [1.807, 2.05) is 43.3 Å². The SMILES string of the molecule is COC(=O)C=C=C(C)C(c1ccccc1)c1ccccc1. The van der Waals surface area contributed by atoms with Gasteiger partial charge in [-0.05, 0) is 23.6 Å². The Hall–Kier alpha value is -2.57. The highest BCUT2D eigenvalue weighted by Gasteiger charge is 2.15. The van der Waals surface area contributed by atoms with Gasteiger partial charge in [-0.15, -0.1) is 5.73 Å². The first-order chi connectivity index (χ1) is 10.2. The van der Waals surface area contributed by atoms with E-state index in [2.05, 4.69) is 34.7 Å². The Morgan fingerprint density at radius 3 is 1.90 bits per heavy atom. The van der Waals surface area contributed by atoms with E-state index in [9.17, 15) is 4.79 Å². The minimum Gasteiger partial charge on any atom is -0.465 e. The van der Waals surface area contributed by atoms with Gasteiger partial charge in [0.15, 0.2) is 0 Å². The number of hydrogen-bond acceptors (Lipinski definition) is 2. The predicted molar refractivity (Wildman–Crippen MR) is 84.0 cm³/mol. The fraction of sp³-hybridized carbons (Fsp3) is 0.158. The van der Waals surface area contributed by atoms with E-state index in [0.717, 1.165) is 5.57 Å². The Morgan fingerprint density at radius 1 is 1.00 bits per heavy atom. The molecule has 2 rings (SSSR count). The number of methoxy groups -OCH3 is 1. The molecule has 0 spiro atoms. The zero-order chi connectivity index (χ0) is 15.1. The molecule has 0 heterocycles. The molecule has 0 fully saturated rings. The molecule has 0 unspecified atom stereocenters. The standard InChI is InChI=1S/C19H18O2/c1-15(13-14-18(20)21-2)19(16-9-5-3-6-10-16)17-11-7-4-8-12-17/h3-12,14,19H,1-2H3. The van der Waals surface area contributed by atoms with Crippen LogP contribution in [0.5, 0.6) is 0 Å². The minimum absolute atomic E-state index is 0.0771. The van der Waals surface area contributed by atoms with Crippen molar-refractivity contribution in [3.8, 4) is 0 Å². The largest absolute Gasteiger partial charge is 0.465 e. The van der Waals surface area contributed by atoms with Crippen molar-refractivity contribution in [2.24, 2.45) is 0 Å². The molecule has 0 aliphatic heterocycles. The molecule has 2 aromatic carbocycles. The third-order valence-electron chi connectivity index (χ3n) is 3.32. The first-order valence-electron chi connectivity index (χ1n) is 6.83. The second-order valence-electron chi connectivity index (χ2n) is 4.75. The van der Waals surface area contributed by atoms with E-state index in [4.69, 9.17) is 0 Å². The molecule has 0 aromatic heterocycles. The molecule has 2 aromatic rings. The number of benzene rings is 2.